The smallest absolute Gasteiger partial charge is 0.306 e. The first-order valence-electron chi connectivity index (χ1n) is 11.0. The molecule has 4 N–H and O–H groups in total. The number of aliphatic carboxylic acids is 4. The monoisotopic (exact) mass is 430 g/mol. The third kappa shape index (κ3) is 11.8. The molecule has 0 rings (SSSR count). The van der Waals surface area contributed by atoms with Crippen LogP contribution in [0.1, 0.15) is 90.9 Å². The van der Waals surface area contributed by atoms with Gasteiger partial charge in [0.2, 0.25) is 0 Å². The molecule has 0 aromatic heterocycles. The summed E-state index contributed by atoms with van der Waals surface area (Å²) in [5, 5.41) is 37.5. The highest BCUT2D eigenvalue weighted by Gasteiger charge is 2.27. The first kappa shape index (κ1) is 27.9. The van der Waals surface area contributed by atoms with E-state index in [0.29, 0.717) is 19.3 Å². The Balaban J connectivity index is 4.77. The second kappa shape index (κ2) is 15.7. The van der Waals surface area contributed by atoms with Crippen LogP contribution in [0.25, 0.3) is 0 Å². The van der Waals surface area contributed by atoms with Crippen molar-refractivity contribution in [3.8, 4) is 0 Å². The fourth-order valence-electron chi connectivity index (χ4n) is 3.76. The Morgan fingerprint density at radius 3 is 1.03 bits per heavy atom. The van der Waals surface area contributed by atoms with Crippen LogP contribution >= 0.6 is 0 Å². The minimum atomic E-state index is -1.05. The quantitative estimate of drug-likeness (QED) is 0.219. The number of hydrogen-bond acceptors (Lipinski definition) is 4. The highest BCUT2D eigenvalue weighted by molar-refractivity contribution is 5.72. The zero-order chi connectivity index (χ0) is 23.1. The molecule has 0 spiro atoms. The molecule has 0 radical (unpaired) electrons. The Hall–Kier alpha value is -2.12. The van der Waals surface area contributed by atoms with E-state index < -0.39 is 47.5 Å². The maximum absolute atomic E-state index is 11.6. The van der Waals surface area contributed by atoms with Crippen LogP contribution in [0.5, 0.6) is 0 Å². The summed E-state index contributed by atoms with van der Waals surface area (Å²) in [6.07, 6.45) is 5.54. The summed E-state index contributed by atoms with van der Waals surface area (Å²) in [6.45, 7) is 3.89. The molecule has 0 aromatic rings. The first-order chi connectivity index (χ1) is 14.1. The van der Waals surface area contributed by atoms with Crippen molar-refractivity contribution in [2.24, 2.45) is 23.7 Å². The van der Waals surface area contributed by atoms with Crippen LogP contribution in [0.4, 0.5) is 0 Å². The number of carbonyl (C=O) groups is 4. The van der Waals surface area contributed by atoms with E-state index in [0.717, 1.165) is 19.3 Å². The van der Waals surface area contributed by atoms with Crippen molar-refractivity contribution < 1.29 is 39.6 Å². The molecule has 0 amide bonds. The second-order valence-electron chi connectivity index (χ2n) is 8.16. The number of rotatable bonds is 19. The lowest BCUT2D eigenvalue weighted by Crippen LogP contribution is -2.22. The fourth-order valence-corrected chi connectivity index (χ4v) is 3.76. The van der Waals surface area contributed by atoms with E-state index in [1.165, 1.54) is 0 Å². The molecule has 8 heteroatoms. The molecule has 30 heavy (non-hydrogen) atoms. The van der Waals surface area contributed by atoms with E-state index >= 15 is 0 Å². The lowest BCUT2D eigenvalue weighted by Gasteiger charge is -2.19. The molecule has 0 heterocycles. The van der Waals surface area contributed by atoms with Gasteiger partial charge in [-0.1, -0.05) is 39.5 Å². The second-order valence-corrected chi connectivity index (χ2v) is 8.16. The topological polar surface area (TPSA) is 149 Å². The van der Waals surface area contributed by atoms with E-state index in [4.69, 9.17) is 0 Å². The standard InChI is InChI=1S/C22H38O8/c1-3-5-6-8-16(20(25)26)10-12-18(22(29)30)14-13-17(21(27)28)11-9-15(7-4-2)19(23)24/h15-18H,3-14H2,1-2H3,(H,23,24)(H,25,26)(H,27,28)(H,29,30). The van der Waals surface area contributed by atoms with E-state index in [9.17, 15) is 39.6 Å². The largest absolute Gasteiger partial charge is 0.481 e. The lowest BCUT2D eigenvalue weighted by atomic mass is 9.85. The molecule has 8 nitrogen and oxygen atoms in total. The van der Waals surface area contributed by atoms with Crippen molar-refractivity contribution in [3.05, 3.63) is 0 Å². The Bertz CT molecular complexity index is 545. The average molecular weight is 431 g/mol. The molecule has 0 aliphatic heterocycles. The van der Waals surface area contributed by atoms with Gasteiger partial charge in [-0.25, -0.2) is 0 Å². The van der Waals surface area contributed by atoms with Gasteiger partial charge in [-0.15, -0.1) is 0 Å². The molecule has 0 saturated carbocycles. The molecule has 4 atom stereocenters. The number of hydrogen-bond donors (Lipinski definition) is 4. The first-order valence-corrected chi connectivity index (χ1v) is 11.0. The van der Waals surface area contributed by atoms with Gasteiger partial charge in [0.15, 0.2) is 0 Å². The van der Waals surface area contributed by atoms with Crippen molar-refractivity contribution in [3.63, 3.8) is 0 Å². The van der Waals surface area contributed by atoms with Gasteiger partial charge >= 0.3 is 23.9 Å². The molecule has 0 saturated heterocycles. The van der Waals surface area contributed by atoms with E-state index in [1.54, 1.807) is 0 Å². The van der Waals surface area contributed by atoms with Crippen LogP contribution in [0.15, 0.2) is 0 Å². The molecular weight excluding hydrogens is 392 g/mol. The van der Waals surface area contributed by atoms with E-state index in [-0.39, 0.29) is 38.5 Å². The molecule has 174 valence electrons. The summed E-state index contributed by atoms with van der Waals surface area (Å²) in [7, 11) is 0. The van der Waals surface area contributed by atoms with Gasteiger partial charge in [0.05, 0.1) is 23.7 Å². The van der Waals surface area contributed by atoms with Crippen molar-refractivity contribution in [2.75, 3.05) is 0 Å². The van der Waals surface area contributed by atoms with Gasteiger partial charge in [0, 0.05) is 0 Å². The Morgan fingerprint density at radius 2 is 0.767 bits per heavy atom. The van der Waals surface area contributed by atoms with Gasteiger partial charge in [-0.3, -0.25) is 19.2 Å². The van der Waals surface area contributed by atoms with Crippen LogP contribution < -0.4 is 0 Å². The third-order valence-electron chi connectivity index (χ3n) is 5.78. The van der Waals surface area contributed by atoms with Gasteiger partial charge < -0.3 is 20.4 Å². The maximum atomic E-state index is 11.6. The number of carboxylic acids is 4. The van der Waals surface area contributed by atoms with Gasteiger partial charge in [0.1, 0.15) is 0 Å². The fraction of sp³-hybridized carbons (Fsp3) is 0.818. The van der Waals surface area contributed by atoms with Crippen molar-refractivity contribution in [1.82, 2.24) is 0 Å². The maximum Gasteiger partial charge on any atom is 0.306 e. The van der Waals surface area contributed by atoms with Crippen molar-refractivity contribution in [2.45, 2.75) is 90.9 Å². The molecule has 0 aromatic carbocycles. The van der Waals surface area contributed by atoms with E-state index in [2.05, 4.69) is 0 Å². The summed E-state index contributed by atoms with van der Waals surface area (Å²) in [5.41, 5.74) is 0. The predicted octanol–water partition coefficient (Wildman–Crippen LogP) is 4.51. The van der Waals surface area contributed by atoms with Crippen LogP contribution in [0, 0.1) is 23.7 Å². The van der Waals surface area contributed by atoms with Crippen LogP contribution in [0.3, 0.4) is 0 Å². The number of carboxylic acid groups (broad SMARTS) is 4. The zero-order valence-corrected chi connectivity index (χ0v) is 18.2. The van der Waals surface area contributed by atoms with Gasteiger partial charge in [0.25, 0.3) is 0 Å². The van der Waals surface area contributed by atoms with Crippen molar-refractivity contribution >= 4 is 23.9 Å². The molecule has 0 bridgehead atoms. The van der Waals surface area contributed by atoms with Gasteiger partial charge in [-0.2, -0.15) is 0 Å². The SMILES string of the molecule is CCCCCC(CCC(CCC(CCC(CCC)C(=O)O)C(=O)O)C(=O)O)C(=O)O. The Morgan fingerprint density at radius 1 is 0.467 bits per heavy atom. The zero-order valence-electron chi connectivity index (χ0n) is 18.2. The lowest BCUT2D eigenvalue weighted by molar-refractivity contribution is -0.147. The Labute approximate surface area is 178 Å². The molecule has 4 unspecified atom stereocenters. The average Bonchev–Trinajstić information content (AvgIpc) is 2.66. The van der Waals surface area contributed by atoms with E-state index in [1.807, 2.05) is 13.8 Å². The highest BCUT2D eigenvalue weighted by Crippen LogP contribution is 2.26. The molecule has 0 aliphatic rings. The van der Waals surface area contributed by atoms with Crippen molar-refractivity contribution in [1.29, 1.82) is 0 Å². The molecule has 0 fully saturated rings. The minimum absolute atomic E-state index is 0.137. The predicted molar refractivity (Wildman–Crippen MR) is 111 cm³/mol. The summed E-state index contributed by atoms with van der Waals surface area (Å²) < 4.78 is 0. The summed E-state index contributed by atoms with van der Waals surface area (Å²) in [5.74, 6) is -6.74. The molecule has 0 aliphatic carbocycles. The molecular formula is C22H38O8. The van der Waals surface area contributed by atoms with Crippen LogP contribution in [0.2, 0.25) is 0 Å². The van der Waals surface area contributed by atoms with Crippen LogP contribution in [-0.4, -0.2) is 44.3 Å². The van der Waals surface area contributed by atoms with Crippen LogP contribution in [-0.2, 0) is 19.2 Å². The van der Waals surface area contributed by atoms with Gasteiger partial charge in [-0.05, 0) is 51.4 Å². The summed E-state index contributed by atoms with van der Waals surface area (Å²) >= 11 is 0. The third-order valence-corrected chi connectivity index (χ3v) is 5.78. The normalized spacial score (nSPS) is 15.1. The summed E-state index contributed by atoms with van der Waals surface area (Å²) in [4.78, 5) is 45.8. The Kier molecular flexibility index (Phi) is 14.6. The summed E-state index contributed by atoms with van der Waals surface area (Å²) in [6, 6.07) is 0. The number of unbranched alkanes of at least 4 members (excludes halogenated alkanes) is 2. The highest BCUT2D eigenvalue weighted by atomic mass is 16.4. The minimum Gasteiger partial charge on any atom is -0.481 e.